The van der Waals surface area contributed by atoms with E-state index in [4.69, 9.17) is 0 Å². The smallest absolute Gasteiger partial charge is 0.325 e. The molecule has 0 saturated carbocycles. The monoisotopic (exact) mass is 465 g/mol. The first-order valence-corrected chi connectivity index (χ1v) is 11.4. The molecule has 0 unspecified atom stereocenters. The Bertz CT molecular complexity index is 1060. The summed E-state index contributed by atoms with van der Waals surface area (Å²) < 4.78 is 0. The van der Waals surface area contributed by atoms with Gasteiger partial charge in [0.15, 0.2) is 0 Å². The summed E-state index contributed by atoms with van der Waals surface area (Å²) in [5, 5.41) is 6.31. The summed E-state index contributed by atoms with van der Waals surface area (Å²) in [6.45, 7) is 5.99. The van der Waals surface area contributed by atoms with Gasteiger partial charge in [0.25, 0.3) is 11.8 Å². The average molecular weight is 466 g/mol. The van der Waals surface area contributed by atoms with Crippen molar-refractivity contribution in [3.05, 3.63) is 65.7 Å². The highest BCUT2D eigenvalue weighted by molar-refractivity contribution is 6.08. The Morgan fingerprint density at radius 3 is 2.26 bits per heavy atom. The standard InChI is InChI=1S/C25H31N5O4/c1-4-15-29(16-21(31)26-20-14-10-9-11-18(20)3)17-22(32)28-30-23(33)25(5-2,27-24(30)34)19-12-7-6-8-13-19/h6-14H,4-5,15-17H2,1-3H3,(H,26,31)(H,27,34)(H,28,32)/t25-/m0/s1. The SMILES string of the molecule is CCCN(CC(=O)Nc1ccccc1C)CC(=O)NN1C(=O)N[C@@](CC)(c2ccccc2)C1=O. The van der Waals surface area contributed by atoms with Crippen LogP contribution in [0.1, 0.15) is 37.8 Å². The first kappa shape index (κ1) is 24.9. The minimum atomic E-state index is -1.23. The number of carbonyl (C=O) groups excluding carboxylic acids is 4. The van der Waals surface area contributed by atoms with Crippen LogP contribution in [0.4, 0.5) is 10.5 Å². The zero-order chi connectivity index (χ0) is 24.7. The molecule has 1 atom stereocenters. The van der Waals surface area contributed by atoms with Gasteiger partial charge in [-0.15, -0.1) is 0 Å². The van der Waals surface area contributed by atoms with E-state index < -0.39 is 23.4 Å². The van der Waals surface area contributed by atoms with Gasteiger partial charge < -0.3 is 10.6 Å². The topological polar surface area (TPSA) is 111 Å². The minimum Gasteiger partial charge on any atom is -0.325 e. The van der Waals surface area contributed by atoms with Crippen molar-refractivity contribution in [3.8, 4) is 0 Å². The second-order valence-corrected chi connectivity index (χ2v) is 8.30. The van der Waals surface area contributed by atoms with Crippen LogP contribution in [0, 0.1) is 6.92 Å². The van der Waals surface area contributed by atoms with Gasteiger partial charge in [-0.05, 0) is 43.5 Å². The number of hydrogen-bond donors (Lipinski definition) is 3. The Hall–Kier alpha value is -3.72. The maximum absolute atomic E-state index is 13.2. The zero-order valence-electron chi connectivity index (χ0n) is 19.8. The molecule has 2 aromatic rings. The van der Waals surface area contributed by atoms with Gasteiger partial charge in [-0.1, -0.05) is 62.4 Å². The van der Waals surface area contributed by atoms with Crippen molar-refractivity contribution >= 4 is 29.4 Å². The van der Waals surface area contributed by atoms with Gasteiger partial charge in [0.2, 0.25) is 5.91 Å². The number of para-hydroxylation sites is 1. The van der Waals surface area contributed by atoms with E-state index in [9.17, 15) is 19.2 Å². The lowest BCUT2D eigenvalue weighted by atomic mass is 9.87. The molecule has 3 rings (SSSR count). The molecule has 1 fully saturated rings. The number of hydrazine groups is 1. The number of urea groups is 1. The Kier molecular flexibility index (Phi) is 8.01. The van der Waals surface area contributed by atoms with E-state index in [0.29, 0.717) is 24.2 Å². The molecule has 1 saturated heterocycles. The Balaban J connectivity index is 1.64. The van der Waals surface area contributed by atoms with Crippen molar-refractivity contribution in [2.75, 3.05) is 25.0 Å². The van der Waals surface area contributed by atoms with Crippen LogP contribution in [0.25, 0.3) is 0 Å². The van der Waals surface area contributed by atoms with Crippen molar-refractivity contribution in [1.29, 1.82) is 0 Å². The van der Waals surface area contributed by atoms with Crippen LogP contribution >= 0.6 is 0 Å². The van der Waals surface area contributed by atoms with Crippen LogP contribution in [-0.4, -0.2) is 53.3 Å². The Morgan fingerprint density at radius 1 is 0.971 bits per heavy atom. The Morgan fingerprint density at radius 2 is 1.62 bits per heavy atom. The second-order valence-electron chi connectivity index (χ2n) is 8.30. The lowest BCUT2D eigenvalue weighted by molar-refractivity contribution is -0.140. The lowest BCUT2D eigenvalue weighted by Gasteiger charge is -2.26. The van der Waals surface area contributed by atoms with Crippen molar-refractivity contribution in [2.24, 2.45) is 0 Å². The molecule has 180 valence electrons. The van der Waals surface area contributed by atoms with Gasteiger partial charge in [-0.3, -0.25) is 24.7 Å². The molecule has 2 aromatic carbocycles. The lowest BCUT2D eigenvalue weighted by Crippen LogP contribution is -2.51. The number of nitrogens with one attached hydrogen (secondary N) is 3. The molecule has 3 N–H and O–H groups in total. The molecular formula is C25H31N5O4. The molecule has 0 radical (unpaired) electrons. The number of imide groups is 1. The number of rotatable bonds is 10. The van der Waals surface area contributed by atoms with Crippen molar-refractivity contribution in [1.82, 2.24) is 20.7 Å². The first-order valence-electron chi connectivity index (χ1n) is 11.4. The quantitative estimate of drug-likeness (QED) is 0.467. The van der Waals surface area contributed by atoms with E-state index in [2.05, 4.69) is 16.1 Å². The number of amides is 5. The molecule has 0 aliphatic carbocycles. The molecule has 34 heavy (non-hydrogen) atoms. The van der Waals surface area contributed by atoms with Crippen LogP contribution < -0.4 is 16.1 Å². The molecule has 1 aliphatic rings. The van der Waals surface area contributed by atoms with Gasteiger partial charge in [-0.2, -0.15) is 5.01 Å². The number of benzene rings is 2. The van der Waals surface area contributed by atoms with E-state index in [1.807, 2.05) is 44.2 Å². The van der Waals surface area contributed by atoms with Crippen LogP contribution in [0.2, 0.25) is 0 Å². The summed E-state index contributed by atoms with van der Waals surface area (Å²) in [6.07, 6.45) is 1.05. The number of anilines is 1. The van der Waals surface area contributed by atoms with Crippen molar-refractivity contribution in [2.45, 2.75) is 39.2 Å². The number of aryl methyl sites for hydroxylation is 1. The summed E-state index contributed by atoms with van der Waals surface area (Å²) in [6, 6.07) is 15.7. The molecule has 5 amide bonds. The normalized spacial score (nSPS) is 17.6. The number of carbonyl (C=O) groups is 4. The summed E-state index contributed by atoms with van der Waals surface area (Å²) >= 11 is 0. The number of hydrogen-bond acceptors (Lipinski definition) is 5. The minimum absolute atomic E-state index is 0.00134. The summed E-state index contributed by atoms with van der Waals surface area (Å²) in [4.78, 5) is 52.7. The third-order valence-electron chi connectivity index (χ3n) is 5.82. The molecule has 1 aliphatic heterocycles. The average Bonchev–Trinajstić information content (AvgIpc) is 3.06. The highest BCUT2D eigenvalue weighted by Gasteiger charge is 2.52. The molecular weight excluding hydrogens is 434 g/mol. The van der Waals surface area contributed by atoms with Crippen molar-refractivity contribution in [3.63, 3.8) is 0 Å². The fourth-order valence-electron chi connectivity index (χ4n) is 4.04. The predicted octanol–water partition coefficient (Wildman–Crippen LogP) is 2.53. The van der Waals surface area contributed by atoms with E-state index >= 15 is 0 Å². The van der Waals surface area contributed by atoms with Gasteiger partial charge in [-0.25, -0.2) is 4.79 Å². The third-order valence-corrected chi connectivity index (χ3v) is 5.82. The van der Waals surface area contributed by atoms with Gasteiger partial charge in [0.1, 0.15) is 5.54 Å². The largest absolute Gasteiger partial charge is 0.344 e. The van der Waals surface area contributed by atoms with Crippen LogP contribution in [0.15, 0.2) is 54.6 Å². The maximum atomic E-state index is 13.2. The van der Waals surface area contributed by atoms with Crippen molar-refractivity contribution < 1.29 is 19.2 Å². The molecule has 9 heteroatoms. The first-order chi connectivity index (χ1) is 16.3. The van der Waals surface area contributed by atoms with Gasteiger partial charge >= 0.3 is 6.03 Å². The summed E-state index contributed by atoms with van der Waals surface area (Å²) in [7, 11) is 0. The van der Waals surface area contributed by atoms with Crippen LogP contribution in [-0.2, 0) is 19.9 Å². The summed E-state index contributed by atoms with van der Waals surface area (Å²) in [5.41, 5.74) is 3.48. The van der Waals surface area contributed by atoms with E-state index in [1.54, 1.807) is 36.1 Å². The molecule has 1 heterocycles. The summed E-state index contributed by atoms with van der Waals surface area (Å²) in [5.74, 6) is -1.35. The van der Waals surface area contributed by atoms with Crippen LogP contribution in [0.3, 0.4) is 0 Å². The van der Waals surface area contributed by atoms with E-state index in [1.165, 1.54) is 0 Å². The zero-order valence-corrected chi connectivity index (χ0v) is 19.8. The fraction of sp³-hybridized carbons (Fsp3) is 0.360. The third kappa shape index (κ3) is 5.43. The molecule has 0 aromatic heterocycles. The van der Waals surface area contributed by atoms with E-state index in [0.717, 1.165) is 17.0 Å². The molecule has 9 nitrogen and oxygen atoms in total. The second kappa shape index (κ2) is 10.9. The molecule has 0 bridgehead atoms. The maximum Gasteiger partial charge on any atom is 0.344 e. The number of nitrogens with zero attached hydrogens (tertiary/aromatic N) is 2. The highest BCUT2D eigenvalue weighted by atomic mass is 16.2. The van der Waals surface area contributed by atoms with E-state index in [-0.39, 0.29) is 19.0 Å². The van der Waals surface area contributed by atoms with Gasteiger partial charge in [0.05, 0.1) is 13.1 Å². The highest BCUT2D eigenvalue weighted by Crippen LogP contribution is 2.31. The Labute approximate surface area is 199 Å². The fourth-order valence-corrected chi connectivity index (χ4v) is 4.04. The van der Waals surface area contributed by atoms with Crippen LogP contribution in [0.5, 0.6) is 0 Å². The predicted molar refractivity (Wildman–Crippen MR) is 128 cm³/mol. The molecule has 0 spiro atoms. The van der Waals surface area contributed by atoms with Gasteiger partial charge in [0, 0.05) is 5.69 Å².